The number of benzene rings is 3. The van der Waals surface area contributed by atoms with Crippen molar-refractivity contribution in [3.8, 4) is 16.9 Å². The minimum atomic E-state index is -1.71. The molecule has 0 spiro atoms. The van der Waals surface area contributed by atoms with Crippen molar-refractivity contribution < 1.29 is 35.5 Å². The van der Waals surface area contributed by atoms with Crippen LogP contribution >= 0.6 is 0 Å². The number of hydrogen-bond acceptors (Lipinski definition) is 1. The van der Waals surface area contributed by atoms with Gasteiger partial charge in [0.1, 0.15) is 11.6 Å². The predicted octanol–water partition coefficient (Wildman–Crippen LogP) is 8.24. The molecule has 0 saturated heterocycles. The first-order valence-corrected chi connectivity index (χ1v) is 11.4. The Kier molecular flexibility index (Phi) is 7.38. The smallest absolute Gasteiger partial charge is 0.194 e. The summed E-state index contributed by atoms with van der Waals surface area (Å²) in [4.78, 5) is 0. The molecule has 0 radical (unpaired) electrons. The SMILES string of the molecule is CCc1cc(F)c(OCC2CCC(c3cc(F)c(-c4cc(F)c(F)c(F)c4)c(F)c3)CC2)c(F)c1. The van der Waals surface area contributed by atoms with Crippen molar-refractivity contribution in [2.75, 3.05) is 6.61 Å². The molecule has 0 atom stereocenters. The lowest BCUT2D eigenvalue weighted by Gasteiger charge is -2.29. The summed E-state index contributed by atoms with van der Waals surface area (Å²) in [5, 5.41) is 0. The van der Waals surface area contributed by atoms with E-state index in [1.807, 2.05) is 0 Å². The van der Waals surface area contributed by atoms with Gasteiger partial charge in [-0.3, -0.25) is 0 Å². The molecule has 4 rings (SSSR count). The fourth-order valence-corrected chi connectivity index (χ4v) is 4.62. The average Bonchev–Trinajstić information content (AvgIpc) is 2.81. The zero-order valence-electron chi connectivity index (χ0n) is 18.9. The van der Waals surface area contributed by atoms with Gasteiger partial charge in [-0.25, -0.2) is 30.7 Å². The van der Waals surface area contributed by atoms with Gasteiger partial charge in [0.05, 0.1) is 12.2 Å². The van der Waals surface area contributed by atoms with Crippen LogP contribution in [0.1, 0.15) is 49.7 Å². The Balaban J connectivity index is 1.42. The number of halogens is 7. The van der Waals surface area contributed by atoms with Crippen molar-refractivity contribution in [1.29, 1.82) is 0 Å². The van der Waals surface area contributed by atoms with Crippen molar-refractivity contribution in [3.63, 3.8) is 0 Å². The second kappa shape index (κ2) is 10.3. The van der Waals surface area contributed by atoms with Crippen LogP contribution in [-0.4, -0.2) is 6.61 Å². The summed E-state index contributed by atoms with van der Waals surface area (Å²) in [6.45, 7) is 1.91. The Morgan fingerprint density at radius 1 is 0.686 bits per heavy atom. The second-order valence-corrected chi connectivity index (χ2v) is 8.88. The van der Waals surface area contributed by atoms with Crippen LogP contribution in [-0.2, 0) is 6.42 Å². The Labute approximate surface area is 198 Å². The minimum Gasteiger partial charge on any atom is -0.487 e. The fraction of sp³-hybridized carbons (Fsp3) is 0.333. The van der Waals surface area contributed by atoms with E-state index in [0.29, 0.717) is 55.4 Å². The van der Waals surface area contributed by atoms with Crippen LogP contribution < -0.4 is 4.74 Å². The van der Waals surface area contributed by atoms with Gasteiger partial charge in [-0.1, -0.05) is 6.92 Å². The van der Waals surface area contributed by atoms with Crippen molar-refractivity contribution in [1.82, 2.24) is 0 Å². The molecule has 0 aromatic heterocycles. The summed E-state index contributed by atoms with van der Waals surface area (Å²) in [7, 11) is 0. The molecule has 1 saturated carbocycles. The highest BCUT2D eigenvalue weighted by Gasteiger charge is 2.26. The lowest BCUT2D eigenvalue weighted by Crippen LogP contribution is -2.20. The lowest BCUT2D eigenvalue weighted by molar-refractivity contribution is 0.187. The zero-order valence-corrected chi connectivity index (χ0v) is 18.9. The average molecular weight is 496 g/mol. The summed E-state index contributed by atoms with van der Waals surface area (Å²) in [5.74, 6) is -8.83. The molecule has 1 nitrogen and oxygen atoms in total. The Bertz CT molecular complexity index is 1160. The topological polar surface area (TPSA) is 9.23 Å². The first-order valence-electron chi connectivity index (χ1n) is 11.4. The molecular weight excluding hydrogens is 473 g/mol. The van der Waals surface area contributed by atoms with Gasteiger partial charge >= 0.3 is 0 Å². The molecule has 0 bridgehead atoms. The van der Waals surface area contributed by atoms with E-state index in [4.69, 9.17) is 4.74 Å². The van der Waals surface area contributed by atoms with E-state index in [1.54, 1.807) is 6.92 Å². The van der Waals surface area contributed by atoms with Crippen LogP contribution in [0.5, 0.6) is 5.75 Å². The molecule has 1 fully saturated rings. The van der Waals surface area contributed by atoms with E-state index in [1.165, 1.54) is 12.1 Å². The number of ether oxygens (including phenoxy) is 1. The van der Waals surface area contributed by atoms with Gasteiger partial charge in [-0.15, -0.1) is 0 Å². The van der Waals surface area contributed by atoms with E-state index in [9.17, 15) is 30.7 Å². The van der Waals surface area contributed by atoms with Gasteiger partial charge < -0.3 is 4.74 Å². The quantitative estimate of drug-likeness (QED) is 0.247. The Morgan fingerprint density at radius 2 is 1.23 bits per heavy atom. The third-order valence-corrected chi connectivity index (χ3v) is 6.58. The summed E-state index contributed by atoms with van der Waals surface area (Å²) >= 11 is 0. The van der Waals surface area contributed by atoms with Crippen LogP contribution in [0.3, 0.4) is 0 Å². The fourth-order valence-electron chi connectivity index (χ4n) is 4.62. The zero-order chi connectivity index (χ0) is 25.3. The predicted molar refractivity (Wildman–Crippen MR) is 118 cm³/mol. The molecule has 0 amide bonds. The molecule has 0 aliphatic heterocycles. The molecule has 186 valence electrons. The molecule has 0 N–H and O–H groups in total. The van der Waals surface area contributed by atoms with E-state index in [0.717, 1.165) is 12.1 Å². The van der Waals surface area contributed by atoms with Crippen molar-refractivity contribution >= 4 is 0 Å². The standard InChI is InChI=1S/C27H23F7O/c1-2-14-7-23(32)27(24(33)8-14)35-13-15-3-5-16(6-4-15)17-9-19(28)25(20(29)10-17)18-11-21(30)26(34)22(31)12-18/h7-12,15-16H,2-6,13H2,1H3. The van der Waals surface area contributed by atoms with Crippen LogP contribution in [0, 0.1) is 46.6 Å². The van der Waals surface area contributed by atoms with Crippen molar-refractivity contribution in [2.24, 2.45) is 5.92 Å². The molecule has 1 aliphatic carbocycles. The van der Waals surface area contributed by atoms with E-state index in [-0.39, 0.29) is 18.4 Å². The Hall–Kier alpha value is -3.03. The molecule has 8 heteroatoms. The van der Waals surface area contributed by atoms with Crippen LogP contribution in [0.15, 0.2) is 36.4 Å². The number of hydrogen-bond donors (Lipinski definition) is 0. The summed E-state index contributed by atoms with van der Waals surface area (Å²) in [5.41, 5.74) is -0.131. The Morgan fingerprint density at radius 3 is 1.74 bits per heavy atom. The maximum absolute atomic E-state index is 14.8. The number of rotatable bonds is 6. The van der Waals surface area contributed by atoms with Crippen molar-refractivity contribution in [2.45, 2.75) is 44.9 Å². The first kappa shape index (κ1) is 25.1. The summed E-state index contributed by atoms with van der Waals surface area (Å²) in [6, 6.07) is 5.84. The third kappa shape index (κ3) is 5.31. The van der Waals surface area contributed by atoms with Crippen LogP contribution in [0.2, 0.25) is 0 Å². The maximum atomic E-state index is 14.8. The van der Waals surface area contributed by atoms with Gasteiger partial charge in [-0.05, 0) is 97.0 Å². The molecule has 1 aliphatic rings. The van der Waals surface area contributed by atoms with Gasteiger partial charge in [-0.2, -0.15) is 0 Å². The second-order valence-electron chi connectivity index (χ2n) is 8.88. The van der Waals surface area contributed by atoms with Crippen LogP contribution in [0.25, 0.3) is 11.1 Å². The van der Waals surface area contributed by atoms with Gasteiger partial charge in [0.25, 0.3) is 0 Å². The lowest BCUT2D eigenvalue weighted by atomic mass is 9.78. The van der Waals surface area contributed by atoms with E-state index in [2.05, 4.69) is 0 Å². The molecular formula is C27H23F7O. The van der Waals surface area contributed by atoms with Gasteiger partial charge in [0.15, 0.2) is 34.8 Å². The van der Waals surface area contributed by atoms with Crippen LogP contribution in [0.4, 0.5) is 30.7 Å². The van der Waals surface area contributed by atoms with Gasteiger partial charge in [0.2, 0.25) is 0 Å². The van der Waals surface area contributed by atoms with E-state index >= 15 is 0 Å². The molecule has 3 aromatic rings. The maximum Gasteiger partial charge on any atom is 0.194 e. The van der Waals surface area contributed by atoms with Gasteiger partial charge in [0, 0.05) is 0 Å². The monoisotopic (exact) mass is 496 g/mol. The molecule has 0 heterocycles. The molecule has 3 aromatic carbocycles. The molecule has 0 unspecified atom stereocenters. The summed E-state index contributed by atoms with van der Waals surface area (Å²) in [6.07, 6.45) is 2.90. The largest absolute Gasteiger partial charge is 0.487 e. The highest BCUT2D eigenvalue weighted by Crippen LogP contribution is 2.39. The highest BCUT2D eigenvalue weighted by molar-refractivity contribution is 5.65. The van der Waals surface area contributed by atoms with E-state index < -0.39 is 57.6 Å². The highest BCUT2D eigenvalue weighted by atomic mass is 19.2. The number of aryl methyl sites for hydroxylation is 1. The van der Waals surface area contributed by atoms with Crippen molar-refractivity contribution in [3.05, 3.63) is 88.2 Å². The minimum absolute atomic E-state index is 0.0232. The molecule has 35 heavy (non-hydrogen) atoms. The summed E-state index contributed by atoms with van der Waals surface area (Å²) < 4.78 is 103. The normalized spacial score (nSPS) is 18.1. The first-order chi connectivity index (χ1) is 16.7. The third-order valence-electron chi connectivity index (χ3n) is 6.58.